The van der Waals surface area contributed by atoms with Gasteiger partial charge in [-0.05, 0) is 43.7 Å². The minimum Gasteiger partial charge on any atom is -0.424 e. The van der Waals surface area contributed by atoms with Crippen LogP contribution in [0.15, 0.2) is 28.7 Å². The van der Waals surface area contributed by atoms with Crippen LogP contribution in [0.3, 0.4) is 0 Å². The Bertz CT molecular complexity index is 479. The highest BCUT2D eigenvalue weighted by Gasteiger charge is 2.21. The van der Waals surface area contributed by atoms with E-state index in [-0.39, 0.29) is 0 Å². The van der Waals surface area contributed by atoms with Gasteiger partial charge in [0.25, 0.3) is 6.01 Å². The Morgan fingerprint density at radius 1 is 1.22 bits per heavy atom. The number of rotatable bonds is 3. The summed E-state index contributed by atoms with van der Waals surface area (Å²) in [5.74, 6) is 0.923. The molecule has 0 saturated heterocycles. The van der Waals surface area contributed by atoms with Crippen molar-refractivity contribution in [3.63, 3.8) is 0 Å². The van der Waals surface area contributed by atoms with Crippen LogP contribution < -0.4 is 5.32 Å². The molecule has 2 aromatic rings. The quantitative estimate of drug-likeness (QED) is 0.879. The Morgan fingerprint density at radius 2 is 2.00 bits per heavy atom. The maximum absolute atomic E-state index is 5.70. The Morgan fingerprint density at radius 3 is 2.72 bits per heavy atom. The number of anilines is 1. The van der Waals surface area contributed by atoms with Gasteiger partial charge in [-0.1, -0.05) is 25.5 Å². The molecule has 3 rings (SSSR count). The van der Waals surface area contributed by atoms with Crippen LogP contribution in [0.25, 0.3) is 11.1 Å². The van der Waals surface area contributed by atoms with E-state index in [1.165, 1.54) is 32.1 Å². The Hall–Kier alpha value is -1.51. The number of benzene rings is 1. The average molecular weight is 244 g/mol. The van der Waals surface area contributed by atoms with Crippen LogP contribution in [-0.2, 0) is 0 Å². The molecule has 1 heterocycles. The van der Waals surface area contributed by atoms with E-state index >= 15 is 0 Å². The molecule has 96 valence electrons. The molecule has 1 saturated carbocycles. The van der Waals surface area contributed by atoms with Crippen LogP contribution in [0, 0.1) is 5.92 Å². The third kappa shape index (κ3) is 2.35. The molecule has 0 bridgehead atoms. The second-order valence-corrected chi connectivity index (χ2v) is 5.26. The first kappa shape index (κ1) is 11.6. The molecule has 0 amide bonds. The number of nitrogens with zero attached hydrogens (tertiary/aromatic N) is 1. The van der Waals surface area contributed by atoms with E-state index in [1.54, 1.807) is 0 Å². The van der Waals surface area contributed by atoms with E-state index in [0.29, 0.717) is 12.1 Å². The van der Waals surface area contributed by atoms with E-state index in [9.17, 15) is 0 Å². The molecule has 0 spiro atoms. The van der Waals surface area contributed by atoms with Gasteiger partial charge in [-0.2, -0.15) is 4.98 Å². The van der Waals surface area contributed by atoms with E-state index in [1.807, 2.05) is 24.3 Å². The number of fused-ring (bicyclic) bond motifs is 1. The highest BCUT2D eigenvalue weighted by molar-refractivity contribution is 5.74. The van der Waals surface area contributed by atoms with Gasteiger partial charge in [0.15, 0.2) is 5.58 Å². The lowest BCUT2D eigenvalue weighted by molar-refractivity contribution is 0.327. The smallest absolute Gasteiger partial charge is 0.295 e. The molecule has 3 nitrogen and oxygen atoms in total. The van der Waals surface area contributed by atoms with Crippen molar-refractivity contribution >= 4 is 17.1 Å². The highest BCUT2D eigenvalue weighted by Crippen LogP contribution is 2.29. The van der Waals surface area contributed by atoms with E-state index in [2.05, 4.69) is 17.2 Å². The van der Waals surface area contributed by atoms with Gasteiger partial charge in [0.1, 0.15) is 5.52 Å². The van der Waals surface area contributed by atoms with Gasteiger partial charge >= 0.3 is 0 Å². The minimum absolute atomic E-state index is 0.529. The third-order valence-electron chi connectivity index (χ3n) is 4.05. The summed E-state index contributed by atoms with van der Waals surface area (Å²) in [6.07, 6.45) is 6.44. The van der Waals surface area contributed by atoms with Gasteiger partial charge < -0.3 is 9.73 Å². The first-order valence-corrected chi connectivity index (χ1v) is 6.97. The van der Waals surface area contributed by atoms with E-state index in [0.717, 1.165) is 17.0 Å². The standard InChI is InChI=1S/C15H20N2O/c1-2-11-7-9-12(10-8-11)16-15-17-13-5-3-4-6-14(13)18-15/h3-6,11-12H,2,7-10H2,1H3,(H,16,17)/t11-,12-. The van der Waals surface area contributed by atoms with Crippen molar-refractivity contribution in [2.45, 2.75) is 45.1 Å². The SMILES string of the molecule is CC[C@H]1CC[C@H](Nc2nc3ccccc3o2)CC1. The summed E-state index contributed by atoms with van der Waals surface area (Å²) in [5.41, 5.74) is 1.80. The number of nitrogens with one attached hydrogen (secondary N) is 1. The summed E-state index contributed by atoms with van der Waals surface area (Å²) in [5, 5.41) is 3.44. The van der Waals surface area contributed by atoms with Crippen molar-refractivity contribution in [3.8, 4) is 0 Å². The molecule has 0 unspecified atom stereocenters. The number of hydrogen-bond acceptors (Lipinski definition) is 3. The van der Waals surface area contributed by atoms with Gasteiger partial charge in [0.05, 0.1) is 0 Å². The molecular formula is C15H20N2O. The maximum atomic E-state index is 5.70. The topological polar surface area (TPSA) is 38.1 Å². The number of hydrogen-bond donors (Lipinski definition) is 1. The third-order valence-corrected chi connectivity index (χ3v) is 4.05. The van der Waals surface area contributed by atoms with E-state index in [4.69, 9.17) is 4.42 Å². The molecule has 0 aliphatic heterocycles. The molecule has 1 aliphatic rings. The maximum Gasteiger partial charge on any atom is 0.295 e. The molecule has 1 fully saturated rings. The summed E-state index contributed by atoms with van der Waals surface area (Å²) in [6.45, 7) is 2.29. The van der Waals surface area contributed by atoms with Crippen LogP contribution in [0.2, 0.25) is 0 Å². The van der Waals surface area contributed by atoms with Crippen molar-refractivity contribution in [3.05, 3.63) is 24.3 Å². The molecule has 1 aliphatic carbocycles. The Labute approximate surface area is 108 Å². The molecule has 18 heavy (non-hydrogen) atoms. The zero-order chi connectivity index (χ0) is 12.4. The molecule has 1 aromatic carbocycles. The first-order valence-electron chi connectivity index (χ1n) is 6.97. The summed E-state index contributed by atoms with van der Waals surface area (Å²) < 4.78 is 5.70. The van der Waals surface area contributed by atoms with Gasteiger partial charge in [0, 0.05) is 6.04 Å². The van der Waals surface area contributed by atoms with Crippen molar-refractivity contribution in [1.29, 1.82) is 0 Å². The van der Waals surface area contributed by atoms with Crippen molar-refractivity contribution in [2.75, 3.05) is 5.32 Å². The van der Waals surface area contributed by atoms with Crippen LogP contribution in [0.1, 0.15) is 39.0 Å². The second kappa shape index (κ2) is 5.01. The molecular weight excluding hydrogens is 224 g/mol. The van der Waals surface area contributed by atoms with Crippen molar-refractivity contribution in [2.24, 2.45) is 5.92 Å². The predicted octanol–water partition coefficient (Wildman–Crippen LogP) is 4.21. The summed E-state index contributed by atoms with van der Waals surface area (Å²) >= 11 is 0. The first-order chi connectivity index (χ1) is 8.85. The van der Waals surface area contributed by atoms with Gasteiger partial charge in [-0.15, -0.1) is 0 Å². The molecule has 3 heteroatoms. The summed E-state index contributed by atoms with van der Waals surface area (Å²) in [7, 11) is 0. The van der Waals surface area contributed by atoms with Crippen LogP contribution in [0.5, 0.6) is 0 Å². The fourth-order valence-electron chi connectivity index (χ4n) is 2.82. The number of aromatic nitrogens is 1. The summed E-state index contributed by atoms with van der Waals surface area (Å²) in [6, 6.07) is 9.11. The predicted molar refractivity (Wildman–Crippen MR) is 73.7 cm³/mol. The highest BCUT2D eigenvalue weighted by atomic mass is 16.4. The van der Waals surface area contributed by atoms with Gasteiger partial charge in [0.2, 0.25) is 0 Å². The Balaban J connectivity index is 1.66. The lowest BCUT2D eigenvalue weighted by atomic mass is 9.85. The normalized spacial score (nSPS) is 24.3. The lowest BCUT2D eigenvalue weighted by Gasteiger charge is -2.27. The molecule has 1 N–H and O–H groups in total. The van der Waals surface area contributed by atoms with Crippen LogP contribution in [0.4, 0.5) is 6.01 Å². The van der Waals surface area contributed by atoms with Gasteiger partial charge in [-0.3, -0.25) is 0 Å². The monoisotopic (exact) mass is 244 g/mol. The second-order valence-electron chi connectivity index (χ2n) is 5.26. The zero-order valence-corrected chi connectivity index (χ0v) is 10.9. The van der Waals surface area contributed by atoms with Crippen LogP contribution >= 0.6 is 0 Å². The largest absolute Gasteiger partial charge is 0.424 e. The molecule has 0 atom stereocenters. The zero-order valence-electron chi connectivity index (χ0n) is 10.9. The minimum atomic E-state index is 0.529. The fraction of sp³-hybridized carbons (Fsp3) is 0.533. The summed E-state index contributed by atoms with van der Waals surface area (Å²) in [4.78, 5) is 4.47. The molecule has 1 aromatic heterocycles. The van der Waals surface area contributed by atoms with Gasteiger partial charge in [-0.25, -0.2) is 0 Å². The van der Waals surface area contributed by atoms with Crippen molar-refractivity contribution < 1.29 is 4.42 Å². The van der Waals surface area contributed by atoms with Crippen molar-refractivity contribution in [1.82, 2.24) is 4.98 Å². The van der Waals surface area contributed by atoms with E-state index < -0.39 is 0 Å². The fourth-order valence-corrected chi connectivity index (χ4v) is 2.82. The Kier molecular flexibility index (Phi) is 3.22. The number of para-hydroxylation sites is 2. The number of oxazole rings is 1. The average Bonchev–Trinajstić information content (AvgIpc) is 2.82. The molecule has 0 radical (unpaired) electrons. The lowest BCUT2D eigenvalue weighted by Crippen LogP contribution is -2.25. The van der Waals surface area contributed by atoms with Crippen LogP contribution in [-0.4, -0.2) is 11.0 Å².